The third-order valence-corrected chi connectivity index (χ3v) is 8.22. The van der Waals surface area contributed by atoms with E-state index in [1.165, 1.54) is 58.1 Å². The van der Waals surface area contributed by atoms with E-state index in [2.05, 4.69) is 92.4 Å². The Balaban J connectivity index is 1.10. The second-order valence-corrected chi connectivity index (χ2v) is 11.1. The predicted molar refractivity (Wildman–Crippen MR) is 167 cm³/mol. The smallest absolute Gasteiger partial charge is 0.123 e. The number of hydrogen-bond acceptors (Lipinski definition) is 4. The van der Waals surface area contributed by atoms with E-state index in [1.807, 2.05) is 24.3 Å². The molecule has 0 spiro atoms. The first-order chi connectivity index (χ1) is 20.6. The Hall–Kier alpha value is -4.84. The molecule has 2 aliphatic rings. The van der Waals surface area contributed by atoms with Gasteiger partial charge in [0, 0.05) is 26.2 Å². The van der Waals surface area contributed by atoms with Gasteiger partial charge < -0.3 is 19.6 Å². The van der Waals surface area contributed by atoms with E-state index in [-0.39, 0.29) is 11.6 Å². The molecule has 7 rings (SSSR count). The van der Waals surface area contributed by atoms with Gasteiger partial charge in [0.1, 0.15) is 11.6 Å². The summed E-state index contributed by atoms with van der Waals surface area (Å²) in [5.74, 6) is -0.420. The largest absolute Gasteiger partial charge is 0.348 e. The van der Waals surface area contributed by atoms with E-state index in [0.717, 1.165) is 50.6 Å². The van der Waals surface area contributed by atoms with Crippen LogP contribution in [0.4, 0.5) is 31.5 Å². The molecule has 5 aromatic carbocycles. The van der Waals surface area contributed by atoms with Crippen molar-refractivity contribution in [3.63, 3.8) is 0 Å². The van der Waals surface area contributed by atoms with Gasteiger partial charge in [0.15, 0.2) is 0 Å². The normalized spacial score (nSPS) is 14.0. The SMILES string of the molecule is Fc1ccc(CN2CN(Cc3ccccc3CN3CN(Cc4ccc(F)cc4)c4ccccc43)c3ccccc32)cc1. The molecule has 0 atom stereocenters. The maximum atomic E-state index is 13.5. The van der Waals surface area contributed by atoms with Gasteiger partial charge in [-0.15, -0.1) is 0 Å². The number of fused-ring (bicyclic) bond motifs is 2. The van der Waals surface area contributed by atoms with Crippen LogP contribution in [0.15, 0.2) is 121 Å². The Morgan fingerprint density at radius 2 is 0.690 bits per heavy atom. The molecular weight excluding hydrogens is 526 g/mol. The number of nitrogens with zero attached hydrogens (tertiary/aromatic N) is 4. The summed E-state index contributed by atoms with van der Waals surface area (Å²) in [7, 11) is 0. The molecule has 0 N–H and O–H groups in total. The van der Waals surface area contributed by atoms with Crippen molar-refractivity contribution < 1.29 is 8.78 Å². The van der Waals surface area contributed by atoms with E-state index < -0.39 is 0 Å². The highest BCUT2D eigenvalue weighted by Crippen LogP contribution is 2.40. The first-order valence-electron chi connectivity index (χ1n) is 14.3. The van der Waals surface area contributed by atoms with Crippen molar-refractivity contribution in [3.05, 3.63) is 155 Å². The summed E-state index contributed by atoms with van der Waals surface area (Å²) >= 11 is 0. The summed E-state index contributed by atoms with van der Waals surface area (Å²) < 4.78 is 27.0. The van der Waals surface area contributed by atoms with Gasteiger partial charge in [-0.25, -0.2) is 8.78 Å². The van der Waals surface area contributed by atoms with Crippen LogP contribution in [0.1, 0.15) is 22.3 Å². The fourth-order valence-electron chi connectivity index (χ4n) is 6.15. The standard InChI is InChI=1S/C36H32F2N4/c37-31-17-13-27(14-18-31)21-39-25-41(35-11-5-3-9-33(35)39)23-29-7-1-2-8-30(29)24-42-26-40(34-10-4-6-12-36(34)42)22-28-15-19-32(38)20-16-28/h1-20H,21-26H2. The van der Waals surface area contributed by atoms with E-state index >= 15 is 0 Å². The zero-order valence-corrected chi connectivity index (χ0v) is 23.3. The molecule has 6 heteroatoms. The number of halogens is 2. The Morgan fingerprint density at radius 1 is 0.381 bits per heavy atom. The number of rotatable bonds is 8. The summed E-state index contributed by atoms with van der Waals surface area (Å²) in [5.41, 5.74) is 9.60. The van der Waals surface area contributed by atoms with Crippen molar-refractivity contribution in [1.29, 1.82) is 0 Å². The minimum atomic E-state index is -0.210. The summed E-state index contributed by atoms with van der Waals surface area (Å²) in [6, 6.07) is 39.3. The zero-order valence-electron chi connectivity index (χ0n) is 23.3. The van der Waals surface area contributed by atoms with Gasteiger partial charge in [-0.1, -0.05) is 72.8 Å². The molecule has 0 saturated heterocycles. The molecule has 0 radical (unpaired) electrons. The molecule has 210 valence electrons. The fourth-order valence-corrected chi connectivity index (χ4v) is 6.15. The van der Waals surface area contributed by atoms with Gasteiger partial charge in [-0.05, 0) is 70.8 Å². The van der Waals surface area contributed by atoms with Crippen LogP contribution >= 0.6 is 0 Å². The van der Waals surface area contributed by atoms with Crippen molar-refractivity contribution in [2.75, 3.05) is 32.9 Å². The van der Waals surface area contributed by atoms with Crippen LogP contribution in [0.25, 0.3) is 0 Å². The van der Waals surface area contributed by atoms with Gasteiger partial charge in [-0.3, -0.25) is 0 Å². The third-order valence-electron chi connectivity index (χ3n) is 8.22. The van der Waals surface area contributed by atoms with Crippen LogP contribution in [0.5, 0.6) is 0 Å². The van der Waals surface area contributed by atoms with Crippen LogP contribution in [0, 0.1) is 11.6 Å². The van der Waals surface area contributed by atoms with Crippen LogP contribution in [0.2, 0.25) is 0 Å². The average Bonchev–Trinajstić information content (AvgIpc) is 3.54. The molecule has 42 heavy (non-hydrogen) atoms. The van der Waals surface area contributed by atoms with E-state index in [1.54, 1.807) is 0 Å². The quantitative estimate of drug-likeness (QED) is 0.192. The van der Waals surface area contributed by atoms with Crippen molar-refractivity contribution in [2.45, 2.75) is 26.2 Å². The highest BCUT2D eigenvalue weighted by Gasteiger charge is 2.28. The topological polar surface area (TPSA) is 13.0 Å². The third kappa shape index (κ3) is 5.28. The van der Waals surface area contributed by atoms with Crippen LogP contribution in [0.3, 0.4) is 0 Å². The van der Waals surface area contributed by atoms with Gasteiger partial charge >= 0.3 is 0 Å². The average molecular weight is 559 g/mol. The number of anilines is 4. The van der Waals surface area contributed by atoms with E-state index in [9.17, 15) is 8.78 Å². The second-order valence-electron chi connectivity index (χ2n) is 11.1. The maximum Gasteiger partial charge on any atom is 0.123 e. The molecule has 0 aliphatic carbocycles. The molecule has 2 heterocycles. The molecule has 0 saturated carbocycles. The number of hydrogen-bond donors (Lipinski definition) is 0. The predicted octanol–water partition coefficient (Wildman–Crippen LogP) is 7.93. The number of benzene rings is 5. The highest BCUT2D eigenvalue weighted by molar-refractivity contribution is 5.77. The Bertz CT molecular complexity index is 1560. The first kappa shape index (κ1) is 26.1. The Morgan fingerprint density at radius 3 is 1.05 bits per heavy atom. The lowest BCUT2D eigenvalue weighted by molar-refractivity contribution is 0.626. The minimum Gasteiger partial charge on any atom is -0.348 e. The minimum absolute atomic E-state index is 0.210. The summed E-state index contributed by atoms with van der Waals surface area (Å²) in [6.07, 6.45) is 0. The summed E-state index contributed by atoms with van der Waals surface area (Å²) in [5, 5.41) is 0. The first-order valence-corrected chi connectivity index (χ1v) is 14.3. The van der Waals surface area contributed by atoms with Crippen LogP contribution < -0.4 is 19.6 Å². The lowest BCUT2D eigenvalue weighted by atomic mass is 10.1. The van der Waals surface area contributed by atoms with Crippen molar-refractivity contribution in [2.24, 2.45) is 0 Å². The Kier molecular flexibility index (Phi) is 6.96. The maximum absolute atomic E-state index is 13.5. The van der Waals surface area contributed by atoms with Crippen LogP contribution in [-0.4, -0.2) is 13.3 Å². The molecular formula is C36H32F2N4. The van der Waals surface area contributed by atoms with E-state index in [4.69, 9.17) is 0 Å². The zero-order chi connectivity index (χ0) is 28.5. The number of para-hydroxylation sites is 4. The summed E-state index contributed by atoms with van der Waals surface area (Å²) in [6.45, 7) is 4.57. The van der Waals surface area contributed by atoms with E-state index in [0.29, 0.717) is 0 Å². The molecule has 0 unspecified atom stereocenters. The fraction of sp³-hybridized carbons (Fsp3) is 0.167. The molecule has 4 nitrogen and oxygen atoms in total. The lowest BCUT2D eigenvalue weighted by Crippen LogP contribution is -2.32. The molecule has 5 aromatic rings. The van der Waals surface area contributed by atoms with Gasteiger partial charge in [0.2, 0.25) is 0 Å². The molecule has 2 aliphatic heterocycles. The van der Waals surface area contributed by atoms with Gasteiger partial charge in [0.25, 0.3) is 0 Å². The Labute approximate surface area is 245 Å². The monoisotopic (exact) mass is 558 g/mol. The lowest BCUT2D eigenvalue weighted by Gasteiger charge is -2.25. The molecule has 0 aromatic heterocycles. The summed E-state index contributed by atoms with van der Waals surface area (Å²) in [4.78, 5) is 9.57. The van der Waals surface area contributed by atoms with Crippen molar-refractivity contribution in [3.8, 4) is 0 Å². The molecule has 0 fully saturated rings. The second kappa shape index (κ2) is 11.2. The van der Waals surface area contributed by atoms with Crippen molar-refractivity contribution in [1.82, 2.24) is 0 Å². The highest BCUT2D eigenvalue weighted by atomic mass is 19.1. The molecule has 0 amide bonds. The van der Waals surface area contributed by atoms with Crippen molar-refractivity contribution >= 4 is 22.7 Å². The van der Waals surface area contributed by atoms with Gasteiger partial charge in [0.05, 0.1) is 36.1 Å². The molecule has 0 bridgehead atoms. The van der Waals surface area contributed by atoms with Crippen LogP contribution in [-0.2, 0) is 26.2 Å². The van der Waals surface area contributed by atoms with Gasteiger partial charge in [-0.2, -0.15) is 0 Å².